The second-order valence-corrected chi connectivity index (χ2v) is 9.81. The van der Waals surface area contributed by atoms with Crippen LogP contribution in [-0.4, -0.2) is 53.6 Å². The highest BCUT2D eigenvalue weighted by Crippen LogP contribution is 2.34. The number of nitrogens with one attached hydrogen (secondary N) is 1. The number of halogens is 1. The third-order valence-corrected chi connectivity index (χ3v) is 7.17. The SMILES string of the molecule is CCN(c1cc(Cl)cc(C(=O)NCc2c(C)cc(C)nc2O)c1C)[C@H]1CC[C@H](N(C)C)CC1. The predicted molar refractivity (Wildman–Crippen MR) is 135 cm³/mol. The van der Waals surface area contributed by atoms with Crippen LogP contribution in [0.3, 0.4) is 0 Å². The molecule has 0 atom stereocenters. The van der Waals surface area contributed by atoms with Crippen LogP contribution in [0.5, 0.6) is 5.88 Å². The van der Waals surface area contributed by atoms with E-state index in [1.54, 1.807) is 6.07 Å². The van der Waals surface area contributed by atoms with Gasteiger partial charge in [0, 0.05) is 52.7 Å². The van der Waals surface area contributed by atoms with Gasteiger partial charge in [-0.3, -0.25) is 4.79 Å². The third kappa shape index (κ3) is 5.79. The van der Waals surface area contributed by atoms with Crippen LogP contribution in [0.25, 0.3) is 0 Å². The molecule has 1 aromatic carbocycles. The van der Waals surface area contributed by atoms with E-state index in [2.05, 4.69) is 41.1 Å². The summed E-state index contributed by atoms with van der Waals surface area (Å²) in [4.78, 5) is 22.0. The number of pyridine rings is 1. The van der Waals surface area contributed by atoms with Crippen molar-refractivity contribution in [1.82, 2.24) is 15.2 Å². The minimum atomic E-state index is -0.206. The molecule has 1 aliphatic carbocycles. The summed E-state index contributed by atoms with van der Waals surface area (Å²) >= 11 is 6.49. The number of benzene rings is 1. The molecule has 33 heavy (non-hydrogen) atoms. The van der Waals surface area contributed by atoms with E-state index in [4.69, 9.17) is 11.6 Å². The van der Waals surface area contributed by atoms with Gasteiger partial charge < -0.3 is 20.2 Å². The van der Waals surface area contributed by atoms with Gasteiger partial charge in [0.1, 0.15) is 0 Å². The number of carbonyl (C=O) groups is 1. The molecule has 1 fully saturated rings. The van der Waals surface area contributed by atoms with Crippen LogP contribution in [-0.2, 0) is 6.54 Å². The zero-order chi connectivity index (χ0) is 24.3. The van der Waals surface area contributed by atoms with Gasteiger partial charge in [-0.15, -0.1) is 0 Å². The fourth-order valence-corrected chi connectivity index (χ4v) is 5.25. The monoisotopic (exact) mass is 472 g/mol. The molecule has 1 aliphatic rings. The molecule has 2 aromatic rings. The minimum Gasteiger partial charge on any atom is -0.493 e. The Morgan fingerprint density at radius 3 is 2.33 bits per heavy atom. The van der Waals surface area contributed by atoms with Crippen LogP contribution in [0.2, 0.25) is 5.02 Å². The Balaban J connectivity index is 1.80. The highest BCUT2D eigenvalue weighted by molar-refractivity contribution is 6.31. The van der Waals surface area contributed by atoms with Crippen LogP contribution in [0.4, 0.5) is 5.69 Å². The van der Waals surface area contributed by atoms with Gasteiger partial charge in [-0.25, -0.2) is 4.98 Å². The number of amides is 1. The summed E-state index contributed by atoms with van der Waals surface area (Å²) in [6, 6.07) is 6.69. The molecule has 7 heteroatoms. The first-order chi connectivity index (χ1) is 15.6. The lowest BCUT2D eigenvalue weighted by atomic mass is 9.89. The fourth-order valence-electron chi connectivity index (χ4n) is 5.04. The van der Waals surface area contributed by atoms with Crippen molar-refractivity contribution in [2.75, 3.05) is 25.5 Å². The second kappa shape index (κ2) is 10.7. The zero-order valence-electron chi connectivity index (χ0n) is 20.7. The number of hydrogen-bond donors (Lipinski definition) is 2. The Hall–Kier alpha value is -2.31. The highest BCUT2D eigenvalue weighted by atomic mass is 35.5. The smallest absolute Gasteiger partial charge is 0.251 e. The maximum Gasteiger partial charge on any atom is 0.251 e. The number of rotatable bonds is 7. The maximum atomic E-state index is 13.1. The van der Waals surface area contributed by atoms with Crippen molar-refractivity contribution in [1.29, 1.82) is 0 Å². The number of aromatic hydroxyl groups is 1. The average Bonchev–Trinajstić information content (AvgIpc) is 2.75. The van der Waals surface area contributed by atoms with E-state index in [1.807, 2.05) is 32.9 Å². The average molecular weight is 473 g/mol. The van der Waals surface area contributed by atoms with E-state index in [0.717, 1.165) is 41.9 Å². The molecular weight excluding hydrogens is 436 g/mol. The number of aryl methyl sites for hydroxylation is 2. The van der Waals surface area contributed by atoms with Crippen LogP contribution < -0.4 is 10.2 Å². The van der Waals surface area contributed by atoms with E-state index in [9.17, 15) is 9.90 Å². The lowest BCUT2D eigenvalue weighted by Crippen LogP contribution is -2.42. The Morgan fingerprint density at radius 1 is 1.12 bits per heavy atom. The predicted octanol–water partition coefficient (Wildman–Crippen LogP) is 4.99. The fraction of sp³-hybridized carbons (Fsp3) is 0.538. The Kier molecular flexibility index (Phi) is 8.24. The maximum absolute atomic E-state index is 13.1. The van der Waals surface area contributed by atoms with Crippen LogP contribution >= 0.6 is 11.6 Å². The molecule has 1 amide bonds. The molecule has 6 nitrogen and oxygen atoms in total. The molecular formula is C26H37ClN4O2. The van der Waals surface area contributed by atoms with E-state index in [-0.39, 0.29) is 18.3 Å². The van der Waals surface area contributed by atoms with Crippen molar-refractivity contribution < 1.29 is 9.90 Å². The molecule has 0 bridgehead atoms. The van der Waals surface area contributed by atoms with Crippen molar-refractivity contribution in [2.45, 2.75) is 72.0 Å². The summed E-state index contributed by atoms with van der Waals surface area (Å²) < 4.78 is 0. The first-order valence-electron chi connectivity index (χ1n) is 11.8. The molecule has 0 aliphatic heterocycles. The second-order valence-electron chi connectivity index (χ2n) is 9.37. The summed E-state index contributed by atoms with van der Waals surface area (Å²) in [6.07, 6.45) is 4.61. The van der Waals surface area contributed by atoms with Crippen LogP contribution in [0.1, 0.15) is 65.3 Å². The third-order valence-electron chi connectivity index (χ3n) is 6.96. The van der Waals surface area contributed by atoms with Gasteiger partial charge in [0.05, 0.1) is 0 Å². The molecule has 3 rings (SSSR count). The van der Waals surface area contributed by atoms with Crippen molar-refractivity contribution in [3.05, 3.63) is 51.2 Å². The lowest BCUT2D eigenvalue weighted by molar-refractivity contribution is 0.0950. The number of nitrogens with zero attached hydrogens (tertiary/aromatic N) is 3. The summed E-state index contributed by atoms with van der Waals surface area (Å²) in [7, 11) is 4.31. The van der Waals surface area contributed by atoms with Crippen LogP contribution in [0.15, 0.2) is 18.2 Å². The summed E-state index contributed by atoms with van der Waals surface area (Å²) in [5, 5.41) is 13.7. The number of aromatic nitrogens is 1. The van der Waals surface area contributed by atoms with Crippen molar-refractivity contribution in [2.24, 2.45) is 0 Å². The molecule has 2 N–H and O–H groups in total. The Bertz CT molecular complexity index is 977. The van der Waals surface area contributed by atoms with Crippen LogP contribution in [0, 0.1) is 20.8 Å². The van der Waals surface area contributed by atoms with Gasteiger partial charge in [-0.2, -0.15) is 0 Å². The van der Waals surface area contributed by atoms with E-state index < -0.39 is 0 Å². The van der Waals surface area contributed by atoms with Gasteiger partial charge >= 0.3 is 0 Å². The zero-order valence-corrected chi connectivity index (χ0v) is 21.5. The number of carbonyl (C=O) groups excluding carboxylic acids is 1. The van der Waals surface area contributed by atoms with Crippen molar-refractivity contribution in [3.63, 3.8) is 0 Å². The molecule has 0 radical (unpaired) electrons. The number of hydrogen-bond acceptors (Lipinski definition) is 5. The van der Waals surface area contributed by atoms with Gasteiger partial charge in [-0.1, -0.05) is 11.6 Å². The molecule has 1 heterocycles. The van der Waals surface area contributed by atoms with Crippen molar-refractivity contribution >= 4 is 23.2 Å². The van der Waals surface area contributed by atoms with Crippen molar-refractivity contribution in [3.8, 4) is 5.88 Å². The quantitative estimate of drug-likeness (QED) is 0.593. The van der Waals surface area contributed by atoms with Gasteiger partial charge in [0.15, 0.2) is 0 Å². The van der Waals surface area contributed by atoms with E-state index in [1.165, 1.54) is 12.8 Å². The van der Waals surface area contributed by atoms with E-state index >= 15 is 0 Å². The molecule has 180 valence electrons. The number of anilines is 1. The Morgan fingerprint density at radius 2 is 1.76 bits per heavy atom. The summed E-state index contributed by atoms with van der Waals surface area (Å²) in [6.45, 7) is 8.96. The first-order valence-corrected chi connectivity index (χ1v) is 12.2. The molecule has 0 saturated heterocycles. The summed E-state index contributed by atoms with van der Waals surface area (Å²) in [5.41, 5.74) is 4.79. The normalized spacial score (nSPS) is 18.4. The molecule has 0 spiro atoms. The lowest BCUT2D eigenvalue weighted by Gasteiger charge is -2.40. The van der Waals surface area contributed by atoms with E-state index in [0.29, 0.717) is 28.2 Å². The molecule has 1 aromatic heterocycles. The topological polar surface area (TPSA) is 68.7 Å². The van der Waals surface area contributed by atoms with Gasteiger partial charge in [0.2, 0.25) is 5.88 Å². The summed E-state index contributed by atoms with van der Waals surface area (Å²) in [5.74, 6) is -0.246. The minimum absolute atomic E-state index is 0.0400. The standard InChI is InChI=1S/C26H37ClN4O2/c1-7-31(21-10-8-20(9-11-21)30(5)6)24-14-19(27)13-22(18(24)4)25(32)28-15-23-16(2)12-17(3)29-26(23)33/h12-14,20-21H,7-11,15H2,1-6H3,(H,28,32)(H,29,33)/t20-,21-. The Labute approximate surface area is 203 Å². The molecule has 1 saturated carbocycles. The van der Waals surface area contributed by atoms with Gasteiger partial charge in [-0.05, 0) is 96.8 Å². The van der Waals surface area contributed by atoms with Gasteiger partial charge in [0.25, 0.3) is 5.91 Å². The highest BCUT2D eigenvalue weighted by Gasteiger charge is 2.28. The first kappa shape index (κ1) is 25.3. The largest absolute Gasteiger partial charge is 0.493 e. The molecule has 0 unspecified atom stereocenters.